The van der Waals surface area contributed by atoms with Crippen LogP contribution in [0.4, 0.5) is 9.18 Å². The highest BCUT2D eigenvalue weighted by Gasteiger charge is 2.36. The van der Waals surface area contributed by atoms with Gasteiger partial charge in [0.2, 0.25) is 0 Å². The molecule has 1 aliphatic heterocycles. The summed E-state index contributed by atoms with van der Waals surface area (Å²) in [7, 11) is 0. The van der Waals surface area contributed by atoms with E-state index in [9.17, 15) is 18.8 Å². The van der Waals surface area contributed by atoms with Gasteiger partial charge < -0.3 is 9.47 Å². The van der Waals surface area contributed by atoms with Gasteiger partial charge in [0, 0.05) is 0 Å². The Morgan fingerprint density at radius 2 is 1.94 bits per heavy atom. The summed E-state index contributed by atoms with van der Waals surface area (Å²) in [6, 6.07) is 13.0. The maximum absolute atomic E-state index is 13.0. The Morgan fingerprint density at radius 3 is 2.65 bits per heavy atom. The molecule has 8 heteroatoms. The maximum Gasteiger partial charge on any atom is 0.326 e. The Balaban J connectivity index is 1.65. The first-order valence-electron chi connectivity index (χ1n) is 9.78. The van der Waals surface area contributed by atoms with Gasteiger partial charge in [-0.1, -0.05) is 31.2 Å². The zero-order valence-corrected chi connectivity index (χ0v) is 18.0. The van der Waals surface area contributed by atoms with Crippen molar-refractivity contribution in [3.8, 4) is 5.75 Å². The third-order valence-electron chi connectivity index (χ3n) is 4.54. The standard InChI is InChI=1S/C23H22FNO5S/c1-3-15(2)30-21(26)13-25-22(27)20(31-23(25)28)12-17-5-4-6-19(11-17)29-14-16-7-9-18(24)10-8-16/h4-12,15H,3,13-14H2,1-2H3/b20-12+/t15-/m0/s1. The summed E-state index contributed by atoms with van der Waals surface area (Å²) in [5, 5.41) is -0.513. The fourth-order valence-corrected chi connectivity index (χ4v) is 3.54. The van der Waals surface area contributed by atoms with Crippen molar-refractivity contribution in [3.05, 3.63) is 70.4 Å². The lowest BCUT2D eigenvalue weighted by atomic mass is 10.2. The Kier molecular flexibility index (Phi) is 7.46. The van der Waals surface area contributed by atoms with E-state index in [0.29, 0.717) is 17.7 Å². The second-order valence-electron chi connectivity index (χ2n) is 6.96. The summed E-state index contributed by atoms with van der Waals surface area (Å²) >= 11 is 0.775. The van der Waals surface area contributed by atoms with Crippen LogP contribution in [0.15, 0.2) is 53.4 Å². The number of amides is 2. The van der Waals surface area contributed by atoms with Crippen molar-refractivity contribution in [1.29, 1.82) is 0 Å². The molecule has 0 aromatic heterocycles. The van der Waals surface area contributed by atoms with Crippen LogP contribution in [-0.4, -0.2) is 34.7 Å². The second kappa shape index (κ2) is 10.3. The molecule has 1 heterocycles. The average Bonchev–Trinajstić information content (AvgIpc) is 3.00. The number of hydrogen-bond donors (Lipinski definition) is 0. The van der Waals surface area contributed by atoms with E-state index in [1.54, 1.807) is 49.4 Å². The number of imide groups is 1. The number of esters is 1. The Hall–Kier alpha value is -3.13. The third kappa shape index (κ3) is 6.18. The number of ether oxygens (including phenoxy) is 2. The molecule has 0 aliphatic carbocycles. The van der Waals surface area contributed by atoms with Gasteiger partial charge in [0.05, 0.1) is 11.0 Å². The molecule has 2 aromatic rings. The molecule has 1 aliphatic rings. The molecule has 1 saturated heterocycles. The van der Waals surface area contributed by atoms with E-state index in [2.05, 4.69) is 0 Å². The van der Waals surface area contributed by atoms with Crippen LogP contribution < -0.4 is 4.74 Å². The molecule has 2 amide bonds. The quantitative estimate of drug-likeness (QED) is 0.432. The lowest BCUT2D eigenvalue weighted by Gasteiger charge is -2.14. The number of hydrogen-bond acceptors (Lipinski definition) is 6. The molecule has 3 rings (SSSR count). The van der Waals surface area contributed by atoms with E-state index in [0.717, 1.165) is 22.2 Å². The van der Waals surface area contributed by atoms with Crippen molar-refractivity contribution in [2.75, 3.05) is 6.54 Å². The highest BCUT2D eigenvalue weighted by molar-refractivity contribution is 8.18. The van der Waals surface area contributed by atoms with Gasteiger partial charge in [-0.25, -0.2) is 4.39 Å². The molecular weight excluding hydrogens is 421 g/mol. The Morgan fingerprint density at radius 1 is 1.19 bits per heavy atom. The number of carbonyl (C=O) groups excluding carboxylic acids is 3. The van der Waals surface area contributed by atoms with Gasteiger partial charge >= 0.3 is 5.97 Å². The molecule has 0 N–H and O–H groups in total. The van der Waals surface area contributed by atoms with E-state index < -0.39 is 23.7 Å². The average molecular weight is 443 g/mol. The molecule has 0 saturated carbocycles. The van der Waals surface area contributed by atoms with Crippen molar-refractivity contribution >= 4 is 35.0 Å². The predicted octanol–water partition coefficient (Wildman–Crippen LogP) is 4.78. The minimum Gasteiger partial charge on any atom is -0.489 e. The molecule has 2 aromatic carbocycles. The molecule has 162 valence electrons. The number of benzene rings is 2. The zero-order valence-electron chi connectivity index (χ0n) is 17.2. The molecule has 6 nitrogen and oxygen atoms in total. The van der Waals surface area contributed by atoms with E-state index in [1.807, 2.05) is 6.92 Å². The lowest BCUT2D eigenvalue weighted by Crippen LogP contribution is -2.35. The van der Waals surface area contributed by atoms with Crippen LogP contribution in [0.25, 0.3) is 6.08 Å². The van der Waals surface area contributed by atoms with E-state index >= 15 is 0 Å². The van der Waals surface area contributed by atoms with Gasteiger partial charge in [0.1, 0.15) is 24.7 Å². The lowest BCUT2D eigenvalue weighted by molar-refractivity contribution is -0.150. The summed E-state index contributed by atoms with van der Waals surface area (Å²) in [5.74, 6) is -0.898. The van der Waals surface area contributed by atoms with Gasteiger partial charge in [-0.3, -0.25) is 19.3 Å². The molecule has 1 fully saturated rings. The number of thioether (sulfide) groups is 1. The van der Waals surface area contributed by atoms with Crippen molar-refractivity contribution < 1.29 is 28.2 Å². The number of rotatable bonds is 8. The molecule has 0 spiro atoms. The van der Waals surface area contributed by atoms with Crippen LogP contribution in [0.5, 0.6) is 5.75 Å². The third-order valence-corrected chi connectivity index (χ3v) is 5.45. The molecular formula is C23H22FNO5S. The highest BCUT2D eigenvalue weighted by atomic mass is 32.2. The molecule has 31 heavy (non-hydrogen) atoms. The topological polar surface area (TPSA) is 72.9 Å². The molecule has 0 bridgehead atoms. The summed E-state index contributed by atoms with van der Waals surface area (Å²) in [5.41, 5.74) is 1.49. The fourth-order valence-electron chi connectivity index (χ4n) is 2.70. The van der Waals surface area contributed by atoms with Crippen LogP contribution >= 0.6 is 11.8 Å². The van der Waals surface area contributed by atoms with E-state index in [1.165, 1.54) is 12.1 Å². The van der Waals surface area contributed by atoms with Gasteiger partial charge in [-0.15, -0.1) is 0 Å². The van der Waals surface area contributed by atoms with Crippen molar-refractivity contribution in [2.45, 2.75) is 33.0 Å². The summed E-state index contributed by atoms with van der Waals surface area (Å²) < 4.78 is 23.9. The van der Waals surface area contributed by atoms with Gasteiger partial charge in [0.15, 0.2) is 0 Å². The monoisotopic (exact) mass is 443 g/mol. The van der Waals surface area contributed by atoms with E-state index in [-0.39, 0.29) is 23.4 Å². The number of halogens is 1. The SMILES string of the molecule is CC[C@H](C)OC(=O)CN1C(=O)S/C(=C/c2cccc(OCc3ccc(F)cc3)c2)C1=O. The fraction of sp³-hybridized carbons (Fsp3) is 0.261. The minimum atomic E-state index is -0.617. The van der Waals surface area contributed by atoms with Crippen LogP contribution in [-0.2, 0) is 20.9 Å². The number of carbonyl (C=O) groups is 3. The van der Waals surface area contributed by atoms with Crippen LogP contribution in [0, 0.1) is 5.82 Å². The maximum atomic E-state index is 13.0. The predicted molar refractivity (Wildman–Crippen MR) is 116 cm³/mol. The first kappa shape index (κ1) is 22.6. The molecule has 1 atom stereocenters. The van der Waals surface area contributed by atoms with Gasteiger partial charge in [-0.2, -0.15) is 0 Å². The first-order chi connectivity index (χ1) is 14.9. The van der Waals surface area contributed by atoms with Crippen LogP contribution in [0.2, 0.25) is 0 Å². The largest absolute Gasteiger partial charge is 0.489 e. The Bertz CT molecular complexity index is 1010. The zero-order chi connectivity index (χ0) is 22.4. The van der Waals surface area contributed by atoms with E-state index in [4.69, 9.17) is 9.47 Å². The summed E-state index contributed by atoms with van der Waals surface area (Å²) in [6.45, 7) is 3.47. The van der Waals surface area contributed by atoms with Crippen molar-refractivity contribution in [1.82, 2.24) is 4.90 Å². The Labute approximate surface area is 184 Å². The van der Waals surface area contributed by atoms with Gasteiger partial charge in [-0.05, 0) is 66.6 Å². The van der Waals surface area contributed by atoms with Gasteiger partial charge in [0.25, 0.3) is 11.1 Å². The van der Waals surface area contributed by atoms with Crippen molar-refractivity contribution in [3.63, 3.8) is 0 Å². The second-order valence-corrected chi connectivity index (χ2v) is 7.96. The number of nitrogens with zero attached hydrogens (tertiary/aromatic N) is 1. The first-order valence-corrected chi connectivity index (χ1v) is 10.6. The molecule has 0 radical (unpaired) electrons. The minimum absolute atomic E-state index is 0.219. The van der Waals surface area contributed by atoms with Crippen LogP contribution in [0.1, 0.15) is 31.4 Å². The summed E-state index contributed by atoms with van der Waals surface area (Å²) in [4.78, 5) is 37.8. The van der Waals surface area contributed by atoms with Crippen molar-refractivity contribution in [2.24, 2.45) is 0 Å². The smallest absolute Gasteiger partial charge is 0.326 e. The highest BCUT2D eigenvalue weighted by Crippen LogP contribution is 2.32. The summed E-state index contributed by atoms with van der Waals surface area (Å²) in [6.07, 6.45) is 1.95. The normalized spacial score (nSPS) is 16.0. The molecule has 0 unspecified atom stereocenters. The van der Waals surface area contributed by atoms with Crippen LogP contribution in [0.3, 0.4) is 0 Å².